The zero-order valence-corrected chi connectivity index (χ0v) is 26.6. The summed E-state index contributed by atoms with van der Waals surface area (Å²) < 4.78 is 7.47. The van der Waals surface area contributed by atoms with Crippen LogP contribution in [0.5, 0.6) is 0 Å². The minimum absolute atomic E-state index is 0.00884. The summed E-state index contributed by atoms with van der Waals surface area (Å²) in [5.41, 5.74) is 10.6. The molecule has 0 bridgehead atoms. The van der Waals surface area contributed by atoms with Crippen molar-refractivity contribution in [3.8, 4) is 11.3 Å². The first-order valence-electron chi connectivity index (χ1n) is 16.5. The molecule has 0 amide bonds. The fraction of sp³-hybridized carbons (Fsp3) is 0.342. The summed E-state index contributed by atoms with van der Waals surface area (Å²) >= 11 is 0. The number of aromatic nitrogens is 5. The van der Waals surface area contributed by atoms with E-state index in [1.165, 1.54) is 44.3 Å². The van der Waals surface area contributed by atoms with E-state index in [-0.39, 0.29) is 23.7 Å². The first kappa shape index (κ1) is 26.7. The van der Waals surface area contributed by atoms with Crippen LogP contribution in [0.2, 0.25) is 0 Å². The van der Waals surface area contributed by atoms with Gasteiger partial charge in [-0.15, -0.1) is 0 Å². The lowest BCUT2D eigenvalue weighted by Gasteiger charge is -2.35. The molecule has 0 spiro atoms. The molecule has 0 N–H and O–H groups in total. The van der Waals surface area contributed by atoms with Crippen LogP contribution in [-0.4, -0.2) is 31.3 Å². The minimum atomic E-state index is -0.0434. The maximum Gasteiger partial charge on any atom is 0.349 e. The van der Waals surface area contributed by atoms with E-state index >= 15 is 0 Å². The monoisotopic (exact) mass is 593 g/mol. The Bertz CT molecular complexity index is 2210. The summed E-state index contributed by atoms with van der Waals surface area (Å²) in [7, 11) is 2.20. The Kier molecular flexibility index (Phi) is 5.60. The van der Waals surface area contributed by atoms with Gasteiger partial charge in [-0.05, 0) is 42.2 Å². The summed E-state index contributed by atoms with van der Waals surface area (Å²) in [6.45, 7) is 9.29. The zero-order chi connectivity index (χ0) is 30.6. The predicted octanol–water partition coefficient (Wildman–Crippen LogP) is 6.78. The van der Waals surface area contributed by atoms with Crippen molar-refractivity contribution in [2.75, 3.05) is 0 Å². The molecule has 7 nitrogen and oxygen atoms in total. The average Bonchev–Trinajstić information content (AvgIpc) is 3.64. The van der Waals surface area contributed by atoms with E-state index in [4.69, 9.17) is 15.1 Å². The molecule has 6 aromatic rings. The summed E-state index contributed by atoms with van der Waals surface area (Å²) in [5, 5.41) is 10.5. The van der Waals surface area contributed by atoms with Crippen LogP contribution in [0.15, 0.2) is 90.4 Å². The van der Waals surface area contributed by atoms with Crippen LogP contribution < -0.4 is 9.13 Å². The Morgan fingerprint density at radius 2 is 1.76 bits per heavy atom. The van der Waals surface area contributed by atoms with E-state index < -0.39 is 0 Å². The molecule has 4 atom stereocenters. The van der Waals surface area contributed by atoms with Crippen LogP contribution in [0.3, 0.4) is 0 Å². The van der Waals surface area contributed by atoms with E-state index in [0.29, 0.717) is 5.92 Å². The van der Waals surface area contributed by atoms with Crippen molar-refractivity contribution in [1.29, 1.82) is 0 Å². The van der Waals surface area contributed by atoms with Crippen LogP contribution in [0, 0.1) is 5.92 Å². The predicted molar refractivity (Wildman–Crippen MR) is 178 cm³/mol. The quantitative estimate of drug-likeness (QED) is 0.213. The van der Waals surface area contributed by atoms with Crippen molar-refractivity contribution in [3.63, 3.8) is 0 Å². The number of para-hydroxylation sites is 1. The maximum atomic E-state index is 5.43. The first-order valence-corrected chi connectivity index (χ1v) is 16.5. The maximum absolute atomic E-state index is 5.43. The third-order valence-electron chi connectivity index (χ3n) is 11.5. The minimum Gasteiger partial charge on any atom is -0.344 e. The van der Waals surface area contributed by atoms with Gasteiger partial charge in [-0.2, -0.15) is 9.67 Å². The molecule has 0 saturated carbocycles. The van der Waals surface area contributed by atoms with Gasteiger partial charge in [-0.1, -0.05) is 45.0 Å². The van der Waals surface area contributed by atoms with Crippen molar-refractivity contribution in [2.24, 2.45) is 18.1 Å². The first-order chi connectivity index (χ1) is 22.0. The van der Waals surface area contributed by atoms with Crippen molar-refractivity contribution in [1.82, 2.24) is 19.5 Å². The summed E-state index contributed by atoms with van der Waals surface area (Å²) in [6.07, 6.45) is 9.38. The second-order valence-electron chi connectivity index (χ2n) is 13.4. The number of benzene rings is 2. The number of aryl methyl sites for hydroxylation is 1. The van der Waals surface area contributed by atoms with Gasteiger partial charge in [-0.25, -0.2) is 9.55 Å². The normalized spacial score (nSPS) is 23.1. The molecule has 4 unspecified atom stereocenters. The molecule has 3 aliphatic rings. The molecule has 0 radical (unpaired) electrons. The molecular weight excluding hydrogens is 554 g/mol. The lowest BCUT2D eigenvalue weighted by atomic mass is 9.81. The van der Waals surface area contributed by atoms with Crippen LogP contribution in [0.25, 0.3) is 44.2 Å². The SMILES string of the molecule is CCC1(CC)CC(C2c3cc4c(cc3-c3cnc5cccnc5[n+]32)c2ccccc2n4C)N2N=C(C)C(C)C2c2cccc[n+]21. The molecule has 7 heteroatoms. The Labute approximate surface area is 263 Å². The Hall–Kier alpha value is -4.65. The second kappa shape index (κ2) is 9.43. The van der Waals surface area contributed by atoms with Gasteiger partial charge in [-0.3, -0.25) is 5.01 Å². The van der Waals surface area contributed by atoms with E-state index in [1.807, 2.05) is 12.3 Å². The Morgan fingerprint density at radius 3 is 2.60 bits per heavy atom. The fourth-order valence-electron chi connectivity index (χ4n) is 8.98. The van der Waals surface area contributed by atoms with Crippen LogP contribution in [0.4, 0.5) is 0 Å². The highest BCUT2D eigenvalue weighted by molar-refractivity contribution is 6.09. The van der Waals surface area contributed by atoms with Gasteiger partial charge in [0.15, 0.2) is 29.0 Å². The van der Waals surface area contributed by atoms with Gasteiger partial charge in [0.05, 0.1) is 12.2 Å². The lowest BCUT2D eigenvalue weighted by molar-refractivity contribution is -0.774. The van der Waals surface area contributed by atoms with E-state index in [0.717, 1.165) is 36.1 Å². The van der Waals surface area contributed by atoms with Crippen molar-refractivity contribution in [3.05, 3.63) is 96.6 Å². The number of nitrogens with zero attached hydrogens (tertiary/aromatic N) is 7. The molecule has 224 valence electrons. The standard InChI is InChI=1S/C38H39N7/c1-6-38(7-2)21-33(45-35(23(3)24(4)41-45)31-16-10-11-18-43(31)38)36-28-20-32-26(25-13-8-9-15-30(25)42(32)5)19-27(28)34-22-40-29-14-12-17-39-37(29)44(34)36/h8-20,22-23,33,35-36H,6-7,21H2,1-5H3/q+2. The summed E-state index contributed by atoms with van der Waals surface area (Å²) in [6, 6.07) is 24.7. The molecule has 0 saturated heterocycles. The largest absolute Gasteiger partial charge is 0.349 e. The average molecular weight is 594 g/mol. The molecule has 9 rings (SSSR count). The van der Waals surface area contributed by atoms with Crippen LogP contribution >= 0.6 is 0 Å². The Morgan fingerprint density at radius 1 is 0.933 bits per heavy atom. The highest BCUT2D eigenvalue weighted by Gasteiger charge is 2.57. The third-order valence-corrected chi connectivity index (χ3v) is 11.5. The molecular formula is C38H39N7+2. The summed E-state index contributed by atoms with van der Waals surface area (Å²) in [5.74, 6) is 0.309. The smallest absolute Gasteiger partial charge is 0.344 e. The van der Waals surface area contributed by atoms with Crippen molar-refractivity contribution >= 4 is 38.7 Å². The molecule has 3 aliphatic heterocycles. The number of hydrogen-bond donors (Lipinski definition) is 0. The van der Waals surface area contributed by atoms with Crippen molar-refractivity contribution in [2.45, 2.75) is 70.6 Å². The number of fused-ring (bicyclic) bond motifs is 11. The molecule has 4 aromatic heterocycles. The highest BCUT2D eigenvalue weighted by Crippen LogP contribution is 2.49. The van der Waals surface area contributed by atoms with Gasteiger partial charge in [0, 0.05) is 83.0 Å². The highest BCUT2D eigenvalue weighted by atomic mass is 15.5. The fourth-order valence-corrected chi connectivity index (χ4v) is 8.98. The van der Waals surface area contributed by atoms with Crippen LogP contribution in [0.1, 0.15) is 70.3 Å². The molecule has 7 heterocycles. The Balaban J connectivity index is 1.37. The lowest BCUT2D eigenvalue weighted by Crippen LogP contribution is -2.59. The molecule has 0 fully saturated rings. The van der Waals surface area contributed by atoms with Crippen LogP contribution in [-0.2, 0) is 12.6 Å². The van der Waals surface area contributed by atoms with Gasteiger partial charge in [0.2, 0.25) is 5.69 Å². The number of hydrazone groups is 1. The van der Waals surface area contributed by atoms with Gasteiger partial charge in [0.1, 0.15) is 12.2 Å². The number of rotatable bonds is 3. The van der Waals surface area contributed by atoms with Crippen molar-refractivity contribution < 1.29 is 9.13 Å². The molecule has 45 heavy (non-hydrogen) atoms. The number of pyridine rings is 2. The topological polar surface area (TPSA) is 54.1 Å². The van der Waals surface area contributed by atoms with E-state index in [2.05, 4.69) is 127 Å². The van der Waals surface area contributed by atoms with Gasteiger partial charge >= 0.3 is 5.65 Å². The van der Waals surface area contributed by atoms with E-state index in [1.54, 1.807) is 0 Å². The summed E-state index contributed by atoms with van der Waals surface area (Å²) in [4.78, 5) is 9.94. The van der Waals surface area contributed by atoms with E-state index in [9.17, 15) is 0 Å². The van der Waals surface area contributed by atoms with Gasteiger partial charge < -0.3 is 4.57 Å². The third kappa shape index (κ3) is 3.44. The zero-order valence-electron chi connectivity index (χ0n) is 26.6. The molecule has 2 aromatic carbocycles. The molecule has 0 aliphatic carbocycles. The second-order valence-corrected chi connectivity index (χ2v) is 13.4. The number of hydrogen-bond acceptors (Lipinski definition) is 4. The van der Waals surface area contributed by atoms with Gasteiger partial charge in [0.25, 0.3) is 0 Å².